The van der Waals surface area contributed by atoms with Crippen LogP contribution in [-0.2, 0) is 10.0 Å². The minimum absolute atomic E-state index is 0.00491. The first-order valence-electron chi connectivity index (χ1n) is 5.73. The molecule has 1 aromatic heterocycles. The molecule has 0 fully saturated rings. The van der Waals surface area contributed by atoms with Crippen molar-refractivity contribution in [2.24, 2.45) is 0 Å². The second-order valence-corrected chi connectivity index (χ2v) is 8.58. The number of hydrogen-bond acceptors (Lipinski definition) is 4. The second kappa shape index (κ2) is 6.21. The van der Waals surface area contributed by atoms with Crippen LogP contribution in [0.2, 0.25) is 4.34 Å². The van der Waals surface area contributed by atoms with E-state index in [1.807, 2.05) is 0 Å². The van der Waals surface area contributed by atoms with Gasteiger partial charge in [0.05, 0.1) is 14.9 Å². The van der Waals surface area contributed by atoms with Crippen molar-refractivity contribution in [1.29, 1.82) is 0 Å². The molecule has 0 bridgehead atoms. The third-order valence-corrected chi connectivity index (χ3v) is 6.19. The highest BCUT2D eigenvalue weighted by molar-refractivity contribution is 9.10. The molecule has 0 saturated heterocycles. The van der Waals surface area contributed by atoms with Crippen LogP contribution in [0.15, 0.2) is 33.6 Å². The SMILES string of the molecule is CC(NS(=O)(=O)c1cc(N)cc(Br)c1F)c1ccc(Cl)s1. The van der Waals surface area contributed by atoms with Gasteiger partial charge < -0.3 is 5.73 Å². The number of sulfonamides is 1. The highest BCUT2D eigenvalue weighted by Gasteiger charge is 2.24. The van der Waals surface area contributed by atoms with Crippen LogP contribution in [0.5, 0.6) is 0 Å². The smallest absolute Gasteiger partial charge is 0.244 e. The fourth-order valence-electron chi connectivity index (χ4n) is 1.69. The van der Waals surface area contributed by atoms with Crippen LogP contribution in [0, 0.1) is 5.82 Å². The third-order valence-electron chi connectivity index (χ3n) is 2.66. The molecule has 0 saturated carbocycles. The molecule has 114 valence electrons. The standard InChI is InChI=1S/C12H11BrClFN2O2S2/c1-6(9-2-3-11(14)20-9)17-21(18,19)10-5-7(16)4-8(13)12(10)15/h2-6,17H,16H2,1H3. The third kappa shape index (κ3) is 3.75. The molecule has 0 aliphatic rings. The Morgan fingerprint density at radius 3 is 2.67 bits per heavy atom. The second-order valence-electron chi connectivity index (χ2n) is 4.30. The van der Waals surface area contributed by atoms with Crippen LogP contribution >= 0.6 is 38.9 Å². The summed E-state index contributed by atoms with van der Waals surface area (Å²) < 4.78 is 41.5. The maximum absolute atomic E-state index is 14.0. The Hall–Kier alpha value is -0.670. The van der Waals surface area contributed by atoms with Gasteiger partial charge in [-0.05, 0) is 47.1 Å². The predicted molar refractivity (Wildman–Crippen MR) is 86.6 cm³/mol. The summed E-state index contributed by atoms with van der Waals surface area (Å²) >= 11 is 10.0. The first-order valence-corrected chi connectivity index (χ1v) is 9.20. The van der Waals surface area contributed by atoms with Gasteiger partial charge in [0.1, 0.15) is 4.90 Å². The van der Waals surface area contributed by atoms with E-state index < -0.39 is 26.8 Å². The summed E-state index contributed by atoms with van der Waals surface area (Å²) in [6.07, 6.45) is 0. The molecule has 0 amide bonds. The van der Waals surface area contributed by atoms with Crippen LogP contribution in [0.1, 0.15) is 17.8 Å². The molecular formula is C12H11BrClFN2O2S2. The average Bonchev–Trinajstić information content (AvgIpc) is 2.80. The summed E-state index contributed by atoms with van der Waals surface area (Å²) in [7, 11) is -4.05. The number of benzene rings is 1. The largest absolute Gasteiger partial charge is 0.399 e. The Kier molecular flexibility index (Phi) is 4.94. The van der Waals surface area contributed by atoms with Gasteiger partial charge in [0.15, 0.2) is 5.82 Å². The van der Waals surface area contributed by atoms with Gasteiger partial charge in [-0.25, -0.2) is 17.5 Å². The first-order chi connectivity index (χ1) is 9.70. The number of nitrogen functional groups attached to an aromatic ring is 1. The molecule has 0 spiro atoms. The van der Waals surface area contributed by atoms with Crippen molar-refractivity contribution < 1.29 is 12.8 Å². The Labute approximate surface area is 139 Å². The number of nitrogens with two attached hydrogens (primary N) is 1. The lowest BCUT2D eigenvalue weighted by Gasteiger charge is -2.14. The molecule has 0 aliphatic carbocycles. The zero-order chi connectivity index (χ0) is 15.8. The van der Waals surface area contributed by atoms with Crippen LogP contribution in [-0.4, -0.2) is 8.42 Å². The van der Waals surface area contributed by atoms with Gasteiger partial charge in [0, 0.05) is 10.6 Å². The lowest BCUT2D eigenvalue weighted by molar-refractivity contribution is 0.546. The van der Waals surface area contributed by atoms with Crippen molar-refractivity contribution in [3.63, 3.8) is 0 Å². The first kappa shape index (κ1) is 16.7. The number of hydrogen-bond donors (Lipinski definition) is 2. The summed E-state index contributed by atoms with van der Waals surface area (Å²) in [5.74, 6) is -0.881. The van der Waals surface area contributed by atoms with Crippen molar-refractivity contribution in [3.05, 3.63) is 43.8 Å². The molecule has 1 atom stereocenters. The van der Waals surface area contributed by atoms with Crippen molar-refractivity contribution in [1.82, 2.24) is 4.72 Å². The molecule has 1 unspecified atom stereocenters. The van der Waals surface area contributed by atoms with E-state index in [2.05, 4.69) is 20.7 Å². The van der Waals surface area contributed by atoms with Crippen LogP contribution in [0.3, 0.4) is 0 Å². The van der Waals surface area contributed by atoms with E-state index in [-0.39, 0.29) is 10.2 Å². The summed E-state index contributed by atoms with van der Waals surface area (Å²) in [5, 5.41) is 0. The molecule has 21 heavy (non-hydrogen) atoms. The topological polar surface area (TPSA) is 72.2 Å². The normalized spacial score (nSPS) is 13.3. The molecule has 2 aromatic rings. The predicted octanol–water partition coefficient (Wildman–Crippen LogP) is 3.92. The minimum Gasteiger partial charge on any atom is -0.399 e. The van der Waals surface area contributed by atoms with Crippen LogP contribution in [0.25, 0.3) is 0 Å². The Balaban J connectivity index is 2.35. The zero-order valence-electron chi connectivity index (χ0n) is 10.7. The fourth-order valence-corrected chi connectivity index (χ4v) is 4.80. The molecule has 1 heterocycles. The Bertz CT molecular complexity index is 780. The monoisotopic (exact) mass is 412 g/mol. The molecule has 2 rings (SSSR count). The molecular weight excluding hydrogens is 403 g/mol. The van der Waals surface area contributed by atoms with Crippen molar-refractivity contribution in [2.75, 3.05) is 5.73 Å². The number of thiophene rings is 1. The zero-order valence-corrected chi connectivity index (χ0v) is 14.7. The minimum atomic E-state index is -4.05. The van der Waals surface area contributed by atoms with E-state index in [4.69, 9.17) is 17.3 Å². The van der Waals surface area contributed by atoms with Crippen molar-refractivity contribution in [3.8, 4) is 0 Å². The summed E-state index contributed by atoms with van der Waals surface area (Å²) in [5.41, 5.74) is 5.71. The van der Waals surface area contributed by atoms with Crippen molar-refractivity contribution in [2.45, 2.75) is 17.9 Å². The molecule has 9 heteroatoms. The van der Waals surface area contributed by atoms with E-state index in [9.17, 15) is 12.8 Å². The van der Waals surface area contributed by atoms with Gasteiger partial charge in [-0.15, -0.1) is 11.3 Å². The lowest BCUT2D eigenvalue weighted by Crippen LogP contribution is -2.27. The van der Waals surface area contributed by atoms with Gasteiger partial charge >= 0.3 is 0 Å². The average molecular weight is 414 g/mol. The van der Waals surface area contributed by atoms with E-state index in [1.54, 1.807) is 19.1 Å². The van der Waals surface area contributed by atoms with E-state index in [0.29, 0.717) is 4.34 Å². The van der Waals surface area contributed by atoms with Crippen LogP contribution < -0.4 is 10.5 Å². The van der Waals surface area contributed by atoms with Gasteiger partial charge in [0.25, 0.3) is 0 Å². The van der Waals surface area contributed by atoms with Gasteiger partial charge in [-0.1, -0.05) is 11.6 Å². The maximum Gasteiger partial charge on any atom is 0.244 e. The number of nitrogens with one attached hydrogen (secondary N) is 1. The molecule has 0 aliphatic heterocycles. The Morgan fingerprint density at radius 1 is 1.43 bits per heavy atom. The molecule has 3 N–H and O–H groups in total. The van der Waals surface area contributed by atoms with E-state index in [0.717, 1.165) is 10.9 Å². The lowest BCUT2D eigenvalue weighted by atomic mass is 10.3. The summed E-state index contributed by atoms with van der Waals surface area (Å²) in [6.45, 7) is 1.65. The van der Waals surface area contributed by atoms with Gasteiger partial charge in [0.2, 0.25) is 10.0 Å². The summed E-state index contributed by atoms with van der Waals surface area (Å²) in [4.78, 5) is 0.232. The molecule has 4 nitrogen and oxygen atoms in total. The van der Waals surface area contributed by atoms with Gasteiger partial charge in [-0.2, -0.15) is 0 Å². The quantitative estimate of drug-likeness (QED) is 0.746. The van der Waals surface area contributed by atoms with Gasteiger partial charge in [-0.3, -0.25) is 0 Å². The molecule has 0 radical (unpaired) electrons. The molecule has 1 aromatic carbocycles. The Morgan fingerprint density at radius 2 is 2.10 bits per heavy atom. The maximum atomic E-state index is 14.0. The highest BCUT2D eigenvalue weighted by Crippen LogP contribution is 2.30. The van der Waals surface area contributed by atoms with Crippen LogP contribution in [0.4, 0.5) is 10.1 Å². The fraction of sp³-hybridized carbons (Fsp3) is 0.167. The summed E-state index contributed by atoms with van der Waals surface area (Å²) in [6, 6.07) is 5.23. The van der Waals surface area contributed by atoms with E-state index in [1.165, 1.54) is 17.4 Å². The number of rotatable bonds is 4. The highest BCUT2D eigenvalue weighted by atomic mass is 79.9. The van der Waals surface area contributed by atoms with Crippen molar-refractivity contribution >= 4 is 54.6 Å². The van der Waals surface area contributed by atoms with E-state index >= 15 is 0 Å². The number of halogens is 3. The number of anilines is 1.